The van der Waals surface area contributed by atoms with Crippen molar-refractivity contribution in [2.24, 2.45) is 4.99 Å². The van der Waals surface area contributed by atoms with E-state index >= 15 is 0 Å². The van der Waals surface area contributed by atoms with E-state index in [0.29, 0.717) is 11.4 Å². The van der Waals surface area contributed by atoms with Crippen molar-refractivity contribution in [3.05, 3.63) is 59.2 Å². The molecule has 2 N–H and O–H groups in total. The molecule has 0 heterocycles. The maximum Gasteiger partial charge on any atom is 0.191 e. The molecule has 0 amide bonds. The molecule has 6 nitrogen and oxygen atoms in total. The summed E-state index contributed by atoms with van der Waals surface area (Å²) in [7, 11) is -1.54. The molecule has 0 bridgehead atoms. The van der Waals surface area contributed by atoms with Crippen molar-refractivity contribution in [1.82, 2.24) is 10.6 Å². The zero-order chi connectivity index (χ0) is 20.6. The van der Waals surface area contributed by atoms with E-state index in [1.165, 1.54) is 11.8 Å². The molecule has 2 rings (SSSR count). The highest BCUT2D eigenvalue weighted by atomic mass is 32.2. The number of rotatable bonds is 8. The molecule has 0 atom stereocenters. The number of aryl methyl sites for hydroxylation is 1. The molecular formula is C21H29N3O3S. The number of methoxy groups -OCH3 is 1. The summed E-state index contributed by atoms with van der Waals surface area (Å²) in [6.07, 6.45) is 2.10. The Labute approximate surface area is 168 Å². The number of guanidine groups is 1. The maximum absolute atomic E-state index is 11.7. The molecule has 0 aliphatic rings. The lowest BCUT2D eigenvalue weighted by Gasteiger charge is -2.12. The second kappa shape index (κ2) is 10.1. The van der Waals surface area contributed by atoms with Crippen molar-refractivity contribution in [2.45, 2.75) is 31.7 Å². The Morgan fingerprint density at radius 1 is 1.07 bits per heavy atom. The minimum atomic E-state index is -3.20. The molecule has 0 aliphatic heterocycles. The monoisotopic (exact) mass is 403 g/mol. The van der Waals surface area contributed by atoms with Crippen LogP contribution in [0, 0.1) is 6.92 Å². The van der Waals surface area contributed by atoms with Gasteiger partial charge in [0.05, 0.1) is 18.6 Å². The number of nitrogens with zero attached hydrogens (tertiary/aromatic N) is 1. The average molecular weight is 404 g/mol. The van der Waals surface area contributed by atoms with E-state index in [0.717, 1.165) is 42.3 Å². The number of ether oxygens (including phenoxy) is 1. The van der Waals surface area contributed by atoms with Gasteiger partial charge in [-0.2, -0.15) is 0 Å². The molecule has 0 saturated heterocycles. The van der Waals surface area contributed by atoms with Gasteiger partial charge in [0.25, 0.3) is 0 Å². The number of hydrogen-bond acceptors (Lipinski definition) is 4. The number of nitrogens with one attached hydrogen (secondary N) is 2. The van der Waals surface area contributed by atoms with E-state index in [2.05, 4.69) is 27.8 Å². The average Bonchev–Trinajstić information content (AvgIpc) is 2.65. The van der Waals surface area contributed by atoms with E-state index in [1.807, 2.05) is 38.1 Å². The first kappa shape index (κ1) is 21.8. The van der Waals surface area contributed by atoms with Crippen LogP contribution in [0.4, 0.5) is 0 Å². The van der Waals surface area contributed by atoms with E-state index in [1.54, 1.807) is 13.2 Å². The molecule has 0 unspecified atom stereocenters. The van der Waals surface area contributed by atoms with Gasteiger partial charge in [0.2, 0.25) is 0 Å². The van der Waals surface area contributed by atoms with Crippen LogP contribution in [0.3, 0.4) is 0 Å². The highest BCUT2D eigenvalue weighted by molar-refractivity contribution is 7.90. The largest absolute Gasteiger partial charge is 0.497 e. The summed E-state index contributed by atoms with van der Waals surface area (Å²) in [4.78, 5) is 4.97. The van der Waals surface area contributed by atoms with Crippen LogP contribution in [0.25, 0.3) is 0 Å². The minimum Gasteiger partial charge on any atom is -0.497 e. The summed E-state index contributed by atoms with van der Waals surface area (Å²) in [6, 6.07) is 13.4. The maximum atomic E-state index is 11.7. The first-order valence-corrected chi connectivity index (χ1v) is 11.2. The molecule has 0 saturated carbocycles. The number of benzene rings is 2. The van der Waals surface area contributed by atoms with Crippen LogP contribution < -0.4 is 15.4 Å². The van der Waals surface area contributed by atoms with Gasteiger partial charge in [-0.1, -0.05) is 24.3 Å². The van der Waals surface area contributed by atoms with Gasteiger partial charge >= 0.3 is 0 Å². The van der Waals surface area contributed by atoms with Gasteiger partial charge in [0.1, 0.15) is 5.75 Å². The third-order valence-electron chi connectivity index (χ3n) is 4.27. The van der Waals surface area contributed by atoms with Crippen LogP contribution in [-0.4, -0.2) is 40.8 Å². The Morgan fingerprint density at radius 2 is 1.75 bits per heavy atom. The third kappa shape index (κ3) is 6.56. The third-order valence-corrected chi connectivity index (χ3v) is 5.52. The van der Waals surface area contributed by atoms with Crippen LogP contribution in [0.5, 0.6) is 5.75 Å². The van der Waals surface area contributed by atoms with Crippen LogP contribution in [0.2, 0.25) is 0 Å². The summed E-state index contributed by atoms with van der Waals surface area (Å²) in [6.45, 7) is 5.82. The van der Waals surface area contributed by atoms with Crippen LogP contribution in [-0.2, 0) is 22.8 Å². The van der Waals surface area contributed by atoms with Crippen LogP contribution in [0.15, 0.2) is 52.4 Å². The standard InChI is InChI=1S/C21H29N3O3S/c1-5-22-21(23-13-12-17-6-9-19(27-3)10-7-17)24-15-18-8-11-20(16(2)14-18)28(4,25)26/h6-11,14H,5,12-13,15H2,1-4H3,(H2,22,23,24). The Hall–Kier alpha value is -2.54. The number of aliphatic imine (C=N–C) groups is 1. The Bertz CT molecular complexity index is 907. The van der Waals surface area contributed by atoms with E-state index in [4.69, 9.17) is 4.74 Å². The van der Waals surface area contributed by atoms with Crippen molar-refractivity contribution in [1.29, 1.82) is 0 Å². The van der Waals surface area contributed by atoms with E-state index in [9.17, 15) is 8.42 Å². The second-order valence-electron chi connectivity index (χ2n) is 6.59. The summed E-state index contributed by atoms with van der Waals surface area (Å²) in [5.41, 5.74) is 2.93. The molecule has 7 heteroatoms. The normalized spacial score (nSPS) is 11.9. The molecular weight excluding hydrogens is 374 g/mol. The Kier molecular flexibility index (Phi) is 7.87. The predicted octanol–water partition coefficient (Wildman–Crippen LogP) is 2.70. The van der Waals surface area contributed by atoms with Gasteiger partial charge in [-0.05, 0) is 55.2 Å². The molecule has 2 aromatic carbocycles. The molecule has 0 aromatic heterocycles. The lowest BCUT2D eigenvalue weighted by Crippen LogP contribution is -2.38. The van der Waals surface area contributed by atoms with Gasteiger partial charge in [-0.3, -0.25) is 0 Å². The molecule has 0 radical (unpaired) electrons. The van der Waals surface area contributed by atoms with E-state index in [-0.39, 0.29) is 0 Å². The molecule has 152 valence electrons. The number of hydrogen-bond donors (Lipinski definition) is 2. The molecule has 0 fully saturated rings. The van der Waals surface area contributed by atoms with Gasteiger partial charge < -0.3 is 15.4 Å². The highest BCUT2D eigenvalue weighted by Gasteiger charge is 2.10. The zero-order valence-corrected chi connectivity index (χ0v) is 17.8. The summed E-state index contributed by atoms with van der Waals surface area (Å²) in [5, 5.41) is 6.56. The highest BCUT2D eigenvalue weighted by Crippen LogP contribution is 2.17. The molecule has 28 heavy (non-hydrogen) atoms. The second-order valence-corrected chi connectivity index (χ2v) is 8.58. The summed E-state index contributed by atoms with van der Waals surface area (Å²) >= 11 is 0. The Balaban J connectivity index is 1.96. The minimum absolute atomic E-state index is 0.366. The first-order valence-electron chi connectivity index (χ1n) is 9.28. The van der Waals surface area contributed by atoms with Crippen molar-refractivity contribution in [3.8, 4) is 5.75 Å². The molecule has 2 aromatic rings. The quantitative estimate of drug-likeness (QED) is 0.523. The van der Waals surface area contributed by atoms with Gasteiger partial charge in [-0.25, -0.2) is 13.4 Å². The fourth-order valence-electron chi connectivity index (χ4n) is 2.86. The smallest absolute Gasteiger partial charge is 0.191 e. The number of sulfone groups is 1. The van der Waals surface area contributed by atoms with Crippen LogP contribution >= 0.6 is 0 Å². The Morgan fingerprint density at radius 3 is 2.32 bits per heavy atom. The molecule has 0 aliphatic carbocycles. The fourth-order valence-corrected chi connectivity index (χ4v) is 3.81. The molecule has 0 spiro atoms. The summed E-state index contributed by atoms with van der Waals surface area (Å²) < 4.78 is 28.6. The fraction of sp³-hybridized carbons (Fsp3) is 0.381. The van der Waals surface area contributed by atoms with Gasteiger partial charge in [0.15, 0.2) is 15.8 Å². The van der Waals surface area contributed by atoms with Crippen molar-refractivity contribution in [2.75, 3.05) is 26.5 Å². The van der Waals surface area contributed by atoms with Gasteiger partial charge in [0, 0.05) is 19.3 Å². The lowest BCUT2D eigenvalue weighted by atomic mass is 10.1. The van der Waals surface area contributed by atoms with Crippen molar-refractivity contribution in [3.63, 3.8) is 0 Å². The summed E-state index contributed by atoms with van der Waals surface area (Å²) in [5.74, 6) is 1.59. The first-order chi connectivity index (χ1) is 13.3. The zero-order valence-electron chi connectivity index (χ0n) is 17.0. The van der Waals surface area contributed by atoms with Crippen LogP contribution in [0.1, 0.15) is 23.6 Å². The topological polar surface area (TPSA) is 79.8 Å². The predicted molar refractivity (Wildman–Crippen MR) is 114 cm³/mol. The SMILES string of the molecule is CCNC(=NCc1ccc(S(C)(=O)=O)c(C)c1)NCCc1ccc(OC)cc1. The van der Waals surface area contributed by atoms with E-state index < -0.39 is 9.84 Å². The van der Waals surface area contributed by atoms with Crippen molar-refractivity contribution < 1.29 is 13.2 Å². The van der Waals surface area contributed by atoms with Crippen molar-refractivity contribution >= 4 is 15.8 Å². The van der Waals surface area contributed by atoms with Gasteiger partial charge in [-0.15, -0.1) is 0 Å². The lowest BCUT2D eigenvalue weighted by molar-refractivity contribution is 0.414.